The van der Waals surface area contributed by atoms with Crippen molar-refractivity contribution in [3.8, 4) is 5.75 Å². The molecule has 1 amide bonds. The predicted molar refractivity (Wildman–Crippen MR) is 104 cm³/mol. The molecule has 0 unspecified atom stereocenters. The van der Waals surface area contributed by atoms with Gasteiger partial charge in [-0.2, -0.15) is 13.2 Å². The number of carbonyl (C=O) groups is 2. The van der Waals surface area contributed by atoms with Crippen molar-refractivity contribution in [3.05, 3.63) is 76.3 Å². The van der Waals surface area contributed by atoms with Crippen molar-refractivity contribution in [2.45, 2.75) is 19.0 Å². The van der Waals surface area contributed by atoms with Gasteiger partial charge in [-0.1, -0.05) is 23.7 Å². The molecule has 2 aromatic rings. The summed E-state index contributed by atoms with van der Waals surface area (Å²) in [4.78, 5) is 23.1. The highest BCUT2D eigenvalue weighted by Gasteiger charge is 2.38. The smallest absolute Gasteiger partial charge is 0.471 e. The normalized spacial score (nSPS) is 11.9. The maximum absolute atomic E-state index is 12.9. The molecular weight excluding hydrogens is 445 g/mol. The number of hydrogen-bond donors (Lipinski definition) is 1. The first kappa shape index (κ1) is 24.3. The standard InChI is InChI=1S/C21H17ClF5NO3/c22-17-10-15(18(29)9-13-1-4-16(24)5-2-13)3-6-19(17)31-12-14(11-23)7-8-28-20(30)21(25,26)27/h1-6,10-11H,7-9,12H2,(H,28,30). The van der Waals surface area contributed by atoms with Gasteiger partial charge >= 0.3 is 12.1 Å². The van der Waals surface area contributed by atoms with Gasteiger partial charge in [-0.05, 0) is 47.9 Å². The summed E-state index contributed by atoms with van der Waals surface area (Å²) in [6, 6.07) is 9.71. The third-order valence-corrected chi connectivity index (χ3v) is 4.38. The highest BCUT2D eigenvalue weighted by atomic mass is 35.5. The number of rotatable bonds is 9. The number of amides is 1. The fourth-order valence-electron chi connectivity index (χ4n) is 2.45. The van der Waals surface area contributed by atoms with E-state index in [2.05, 4.69) is 0 Å². The lowest BCUT2D eigenvalue weighted by Crippen LogP contribution is -2.37. The van der Waals surface area contributed by atoms with E-state index >= 15 is 0 Å². The van der Waals surface area contributed by atoms with Crippen molar-refractivity contribution in [1.29, 1.82) is 0 Å². The SMILES string of the molecule is O=C(Cc1ccc(F)cc1)c1ccc(OCC(=CF)CCNC(=O)C(F)(F)F)c(Cl)c1. The van der Waals surface area contributed by atoms with E-state index < -0.39 is 24.4 Å². The number of hydrogen-bond acceptors (Lipinski definition) is 3. The Morgan fingerprint density at radius 3 is 2.35 bits per heavy atom. The number of benzene rings is 2. The van der Waals surface area contributed by atoms with Gasteiger partial charge in [0, 0.05) is 18.5 Å². The molecule has 0 aliphatic heterocycles. The fourth-order valence-corrected chi connectivity index (χ4v) is 2.68. The van der Waals surface area contributed by atoms with Gasteiger partial charge in [0.2, 0.25) is 0 Å². The molecular formula is C21H17ClF5NO3. The van der Waals surface area contributed by atoms with E-state index in [4.69, 9.17) is 16.3 Å². The second kappa shape index (κ2) is 10.9. The minimum absolute atomic E-state index is 0.00463. The van der Waals surface area contributed by atoms with Crippen LogP contribution in [0.1, 0.15) is 22.3 Å². The maximum atomic E-state index is 12.9. The first-order valence-corrected chi connectivity index (χ1v) is 9.31. The number of carbonyl (C=O) groups excluding carboxylic acids is 2. The number of ketones is 1. The molecule has 0 aromatic heterocycles. The molecule has 10 heteroatoms. The summed E-state index contributed by atoms with van der Waals surface area (Å²) in [6.45, 7) is -0.747. The summed E-state index contributed by atoms with van der Waals surface area (Å²) in [5, 5.41) is 1.71. The molecule has 0 aliphatic carbocycles. The molecule has 0 saturated heterocycles. The van der Waals surface area contributed by atoms with E-state index in [0.29, 0.717) is 5.56 Å². The largest absolute Gasteiger partial charge is 0.488 e. The minimum Gasteiger partial charge on any atom is -0.488 e. The molecule has 166 valence electrons. The van der Waals surface area contributed by atoms with Crippen molar-refractivity contribution in [2.24, 2.45) is 0 Å². The van der Waals surface area contributed by atoms with Gasteiger partial charge in [-0.15, -0.1) is 0 Å². The Morgan fingerprint density at radius 1 is 1.10 bits per heavy atom. The fraction of sp³-hybridized carbons (Fsp3) is 0.238. The molecule has 4 nitrogen and oxygen atoms in total. The molecule has 1 N–H and O–H groups in total. The number of Topliss-reactive ketones (excluding diaryl/α,β-unsaturated/α-hetero) is 1. The summed E-state index contributed by atoms with van der Waals surface area (Å²) in [5.74, 6) is -2.65. The van der Waals surface area contributed by atoms with Crippen LogP contribution in [-0.4, -0.2) is 31.0 Å². The lowest BCUT2D eigenvalue weighted by Gasteiger charge is -2.12. The van der Waals surface area contributed by atoms with Crippen molar-refractivity contribution < 1.29 is 36.3 Å². The quantitative estimate of drug-likeness (QED) is 0.412. The van der Waals surface area contributed by atoms with E-state index in [1.165, 1.54) is 42.5 Å². The van der Waals surface area contributed by atoms with Crippen LogP contribution in [0.3, 0.4) is 0 Å². The van der Waals surface area contributed by atoms with Crippen LogP contribution in [-0.2, 0) is 11.2 Å². The van der Waals surface area contributed by atoms with Crippen LogP contribution in [0.5, 0.6) is 5.75 Å². The number of nitrogens with one attached hydrogen (secondary N) is 1. The van der Waals surface area contributed by atoms with Gasteiger partial charge in [0.15, 0.2) is 5.78 Å². The van der Waals surface area contributed by atoms with Crippen LogP contribution in [0.25, 0.3) is 0 Å². The molecule has 2 aromatic carbocycles. The third-order valence-electron chi connectivity index (χ3n) is 4.09. The molecule has 0 aliphatic rings. The minimum atomic E-state index is -5.01. The average Bonchev–Trinajstić information content (AvgIpc) is 2.72. The maximum Gasteiger partial charge on any atom is 0.471 e. The van der Waals surface area contributed by atoms with Crippen LogP contribution in [0, 0.1) is 5.82 Å². The zero-order valence-electron chi connectivity index (χ0n) is 15.9. The lowest BCUT2D eigenvalue weighted by atomic mass is 10.0. The van der Waals surface area contributed by atoms with Gasteiger partial charge in [0.1, 0.15) is 18.2 Å². The van der Waals surface area contributed by atoms with E-state index in [1.807, 2.05) is 0 Å². The Balaban J connectivity index is 1.90. The first-order valence-electron chi connectivity index (χ1n) is 8.93. The van der Waals surface area contributed by atoms with Gasteiger partial charge in [0.05, 0.1) is 11.4 Å². The van der Waals surface area contributed by atoms with E-state index in [-0.39, 0.29) is 53.5 Å². The third kappa shape index (κ3) is 7.67. The second-order valence-electron chi connectivity index (χ2n) is 6.43. The Morgan fingerprint density at radius 2 is 1.77 bits per heavy atom. The van der Waals surface area contributed by atoms with E-state index in [1.54, 1.807) is 5.32 Å². The van der Waals surface area contributed by atoms with Gasteiger partial charge in [-0.25, -0.2) is 8.78 Å². The van der Waals surface area contributed by atoms with Crippen molar-refractivity contribution in [2.75, 3.05) is 13.2 Å². The summed E-state index contributed by atoms with van der Waals surface area (Å²) in [6.07, 6.45) is -5.01. The molecule has 0 fully saturated rings. The van der Waals surface area contributed by atoms with Crippen LogP contribution >= 0.6 is 11.6 Å². The molecule has 0 radical (unpaired) electrons. The topological polar surface area (TPSA) is 55.4 Å². The highest BCUT2D eigenvalue weighted by molar-refractivity contribution is 6.32. The van der Waals surface area contributed by atoms with Gasteiger partial charge in [-0.3, -0.25) is 9.59 Å². The van der Waals surface area contributed by atoms with E-state index in [0.717, 1.165) is 0 Å². The number of ether oxygens (including phenoxy) is 1. The molecule has 0 bridgehead atoms. The van der Waals surface area contributed by atoms with Crippen LogP contribution < -0.4 is 10.1 Å². The Labute approximate surface area is 179 Å². The van der Waals surface area contributed by atoms with Crippen LogP contribution in [0.15, 0.2) is 54.4 Å². The predicted octanol–water partition coefficient (Wildman–Crippen LogP) is 5.21. The highest BCUT2D eigenvalue weighted by Crippen LogP contribution is 2.27. The number of halogens is 6. The number of alkyl halides is 3. The molecule has 0 heterocycles. The van der Waals surface area contributed by atoms with Crippen molar-refractivity contribution in [3.63, 3.8) is 0 Å². The molecule has 2 rings (SSSR count). The summed E-state index contributed by atoms with van der Waals surface area (Å²) >= 11 is 6.10. The van der Waals surface area contributed by atoms with Crippen molar-refractivity contribution >= 4 is 23.3 Å². The summed E-state index contributed by atoms with van der Waals surface area (Å²) in [7, 11) is 0. The zero-order chi connectivity index (χ0) is 23.0. The Bertz CT molecular complexity index is 958. The molecule has 0 atom stereocenters. The zero-order valence-corrected chi connectivity index (χ0v) is 16.7. The van der Waals surface area contributed by atoms with Crippen LogP contribution in [0.2, 0.25) is 5.02 Å². The first-order chi connectivity index (χ1) is 14.6. The second-order valence-corrected chi connectivity index (χ2v) is 6.84. The van der Waals surface area contributed by atoms with E-state index in [9.17, 15) is 31.5 Å². The summed E-state index contributed by atoms with van der Waals surface area (Å²) < 4.78 is 67.6. The monoisotopic (exact) mass is 461 g/mol. The van der Waals surface area contributed by atoms with Gasteiger partial charge < -0.3 is 10.1 Å². The lowest BCUT2D eigenvalue weighted by molar-refractivity contribution is -0.173. The Hall–Kier alpha value is -2.94. The van der Waals surface area contributed by atoms with Crippen LogP contribution in [0.4, 0.5) is 22.0 Å². The summed E-state index contributed by atoms with van der Waals surface area (Å²) in [5.41, 5.74) is 0.908. The molecule has 0 spiro atoms. The van der Waals surface area contributed by atoms with Crippen molar-refractivity contribution in [1.82, 2.24) is 5.32 Å². The molecule has 31 heavy (non-hydrogen) atoms. The average molecular weight is 462 g/mol. The molecule has 0 saturated carbocycles. The van der Waals surface area contributed by atoms with Gasteiger partial charge in [0.25, 0.3) is 0 Å². The Kier molecular flexibility index (Phi) is 8.56.